The zero-order valence-corrected chi connectivity index (χ0v) is 13.0. The summed E-state index contributed by atoms with van der Waals surface area (Å²) in [5.74, 6) is 0.746. The largest absolute Gasteiger partial charge is 0.391 e. The highest BCUT2D eigenvalue weighted by molar-refractivity contribution is 5.79. The van der Waals surface area contributed by atoms with Gasteiger partial charge in [0.1, 0.15) is 0 Å². The first-order valence-electron chi connectivity index (χ1n) is 8.42. The van der Waals surface area contributed by atoms with Crippen molar-refractivity contribution < 1.29 is 9.90 Å². The van der Waals surface area contributed by atoms with E-state index in [1.165, 1.54) is 5.56 Å². The minimum absolute atomic E-state index is 0.0388. The molecule has 1 aromatic carbocycles. The van der Waals surface area contributed by atoms with Crippen LogP contribution < -0.4 is 5.73 Å². The molecule has 1 amide bonds. The van der Waals surface area contributed by atoms with Crippen molar-refractivity contribution >= 4 is 5.91 Å². The number of hydrogen-bond acceptors (Lipinski definition) is 3. The Morgan fingerprint density at radius 3 is 2.41 bits per heavy atom. The summed E-state index contributed by atoms with van der Waals surface area (Å²) < 4.78 is 0. The third kappa shape index (κ3) is 3.33. The molecule has 0 spiro atoms. The Hall–Kier alpha value is -1.39. The van der Waals surface area contributed by atoms with Gasteiger partial charge in [-0.3, -0.25) is 4.79 Å². The summed E-state index contributed by atoms with van der Waals surface area (Å²) in [6.07, 6.45) is 3.63. The molecule has 22 heavy (non-hydrogen) atoms. The number of hydrogen-bond donors (Lipinski definition) is 2. The highest BCUT2D eigenvalue weighted by atomic mass is 16.3. The maximum Gasteiger partial charge on any atom is 0.225 e. The van der Waals surface area contributed by atoms with Gasteiger partial charge in [-0.2, -0.15) is 0 Å². The van der Waals surface area contributed by atoms with Crippen molar-refractivity contribution in [2.24, 2.45) is 11.7 Å². The topological polar surface area (TPSA) is 66.6 Å². The van der Waals surface area contributed by atoms with E-state index in [1.54, 1.807) is 0 Å². The highest BCUT2D eigenvalue weighted by Crippen LogP contribution is 2.31. The van der Waals surface area contributed by atoms with Crippen LogP contribution in [0.3, 0.4) is 0 Å². The Labute approximate surface area is 132 Å². The molecule has 1 saturated heterocycles. The van der Waals surface area contributed by atoms with E-state index in [1.807, 2.05) is 11.0 Å². The summed E-state index contributed by atoms with van der Waals surface area (Å²) >= 11 is 0. The monoisotopic (exact) mass is 302 g/mol. The van der Waals surface area contributed by atoms with Gasteiger partial charge in [-0.1, -0.05) is 30.3 Å². The van der Waals surface area contributed by atoms with Gasteiger partial charge in [0.05, 0.1) is 6.10 Å². The van der Waals surface area contributed by atoms with Crippen LogP contribution in [0.2, 0.25) is 0 Å². The average Bonchev–Trinajstić information content (AvgIpc) is 2.58. The van der Waals surface area contributed by atoms with E-state index in [-0.39, 0.29) is 17.9 Å². The summed E-state index contributed by atoms with van der Waals surface area (Å²) in [4.78, 5) is 14.6. The van der Waals surface area contributed by atoms with Crippen molar-refractivity contribution in [3.8, 4) is 0 Å². The molecule has 1 aliphatic heterocycles. The quantitative estimate of drug-likeness (QED) is 0.876. The second-order valence-corrected chi connectivity index (χ2v) is 6.75. The molecule has 1 aliphatic carbocycles. The van der Waals surface area contributed by atoms with Crippen LogP contribution in [0.15, 0.2) is 30.3 Å². The average molecular weight is 302 g/mol. The van der Waals surface area contributed by atoms with Crippen LogP contribution >= 0.6 is 0 Å². The number of benzene rings is 1. The van der Waals surface area contributed by atoms with Crippen LogP contribution in [0.4, 0.5) is 0 Å². The number of rotatable bonds is 2. The van der Waals surface area contributed by atoms with Gasteiger partial charge in [-0.05, 0) is 43.6 Å². The van der Waals surface area contributed by atoms with E-state index in [0.29, 0.717) is 12.3 Å². The highest BCUT2D eigenvalue weighted by Gasteiger charge is 2.34. The lowest BCUT2D eigenvalue weighted by atomic mass is 9.82. The Kier molecular flexibility index (Phi) is 4.79. The summed E-state index contributed by atoms with van der Waals surface area (Å²) in [6.45, 7) is 1.66. The molecule has 1 aromatic rings. The van der Waals surface area contributed by atoms with Gasteiger partial charge in [-0.25, -0.2) is 0 Å². The number of nitrogens with zero attached hydrogens (tertiary/aromatic N) is 1. The number of carbonyl (C=O) groups is 1. The third-order valence-corrected chi connectivity index (χ3v) is 5.30. The molecule has 120 valence electrons. The Bertz CT molecular complexity index is 497. The maximum atomic E-state index is 12.6. The van der Waals surface area contributed by atoms with Crippen LogP contribution in [0.25, 0.3) is 0 Å². The smallest absolute Gasteiger partial charge is 0.225 e. The molecule has 3 atom stereocenters. The van der Waals surface area contributed by atoms with E-state index < -0.39 is 6.10 Å². The summed E-state index contributed by atoms with van der Waals surface area (Å²) in [5.41, 5.74) is 7.21. The van der Waals surface area contributed by atoms with Crippen molar-refractivity contribution in [1.29, 1.82) is 0 Å². The fraction of sp³-hybridized carbons (Fsp3) is 0.611. The first-order valence-corrected chi connectivity index (χ1v) is 8.42. The first-order chi connectivity index (χ1) is 10.6. The molecular weight excluding hydrogens is 276 g/mol. The van der Waals surface area contributed by atoms with Crippen molar-refractivity contribution in [2.45, 2.75) is 50.2 Å². The van der Waals surface area contributed by atoms with Gasteiger partial charge in [0.25, 0.3) is 0 Å². The molecule has 1 saturated carbocycles. The second kappa shape index (κ2) is 6.80. The van der Waals surface area contributed by atoms with Crippen molar-refractivity contribution in [2.75, 3.05) is 13.1 Å². The van der Waals surface area contributed by atoms with E-state index in [0.717, 1.165) is 38.8 Å². The molecule has 3 N–H and O–H groups in total. The van der Waals surface area contributed by atoms with Crippen LogP contribution in [-0.4, -0.2) is 41.1 Å². The molecular formula is C18H26N2O2. The number of piperidine rings is 1. The zero-order valence-electron chi connectivity index (χ0n) is 13.0. The zero-order chi connectivity index (χ0) is 15.5. The van der Waals surface area contributed by atoms with Crippen molar-refractivity contribution in [3.63, 3.8) is 0 Å². The minimum Gasteiger partial charge on any atom is -0.391 e. The molecule has 0 bridgehead atoms. The lowest BCUT2D eigenvalue weighted by Gasteiger charge is -2.37. The molecule has 4 nitrogen and oxygen atoms in total. The molecule has 2 aliphatic rings. The van der Waals surface area contributed by atoms with Gasteiger partial charge < -0.3 is 15.7 Å². The Balaban J connectivity index is 1.54. The molecule has 3 rings (SSSR count). The van der Waals surface area contributed by atoms with Gasteiger partial charge in [-0.15, -0.1) is 0 Å². The van der Waals surface area contributed by atoms with Gasteiger partial charge >= 0.3 is 0 Å². The predicted molar refractivity (Wildman–Crippen MR) is 86.3 cm³/mol. The SMILES string of the molecule is N[C@@H]1CC[C@H](C(=O)N2CCC(c3ccccc3)CC2)C[C@H]1O. The maximum absolute atomic E-state index is 12.6. The lowest BCUT2D eigenvalue weighted by molar-refractivity contribution is -0.139. The van der Waals surface area contributed by atoms with E-state index >= 15 is 0 Å². The first kappa shape index (κ1) is 15.5. The summed E-state index contributed by atoms with van der Waals surface area (Å²) in [7, 11) is 0. The van der Waals surface area contributed by atoms with Gasteiger partial charge in [0.2, 0.25) is 5.91 Å². The molecule has 0 aromatic heterocycles. The molecule has 4 heteroatoms. The number of likely N-dealkylation sites (tertiary alicyclic amines) is 1. The standard InChI is InChI=1S/C18H26N2O2/c19-16-7-6-15(12-17(16)21)18(22)20-10-8-14(9-11-20)13-4-2-1-3-5-13/h1-5,14-17,21H,6-12,19H2/t15-,16+,17+/m0/s1. The van der Waals surface area contributed by atoms with Crippen LogP contribution in [0.1, 0.15) is 43.6 Å². The second-order valence-electron chi connectivity index (χ2n) is 6.75. The number of amides is 1. The fourth-order valence-corrected chi connectivity index (χ4v) is 3.81. The number of nitrogens with two attached hydrogens (primary N) is 1. The molecule has 2 fully saturated rings. The van der Waals surface area contributed by atoms with E-state index in [2.05, 4.69) is 24.3 Å². The Morgan fingerprint density at radius 1 is 1.09 bits per heavy atom. The minimum atomic E-state index is -0.524. The fourth-order valence-electron chi connectivity index (χ4n) is 3.81. The van der Waals surface area contributed by atoms with Crippen LogP contribution in [0.5, 0.6) is 0 Å². The normalized spacial score (nSPS) is 30.3. The number of aliphatic hydroxyl groups is 1. The predicted octanol–water partition coefficient (Wildman–Crippen LogP) is 1.88. The van der Waals surface area contributed by atoms with Gasteiger partial charge in [0.15, 0.2) is 0 Å². The third-order valence-electron chi connectivity index (χ3n) is 5.30. The van der Waals surface area contributed by atoms with Crippen LogP contribution in [-0.2, 0) is 4.79 Å². The molecule has 0 radical (unpaired) electrons. The number of aliphatic hydroxyl groups excluding tert-OH is 1. The van der Waals surface area contributed by atoms with Gasteiger partial charge in [0, 0.05) is 25.0 Å². The van der Waals surface area contributed by atoms with Crippen molar-refractivity contribution in [1.82, 2.24) is 4.90 Å². The molecule has 1 heterocycles. The summed E-state index contributed by atoms with van der Waals surface area (Å²) in [6, 6.07) is 10.4. The number of carbonyl (C=O) groups excluding carboxylic acids is 1. The van der Waals surface area contributed by atoms with Crippen molar-refractivity contribution in [3.05, 3.63) is 35.9 Å². The van der Waals surface area contributed by atoms with E-state index in [4.69, 9.17) is 5.73 Å². The van der Waals surface area contributed by atoms with Crippen LogP contribution in [0, 0.1) is 5.92 Å². The lowest BCUT2D eigenvalue weighted by Crippen LogP contribution is -2.47. The van der Waals surface area contributed by atoms with E-state index in [9.17, 15) is 9.90 Å². The summed E-state index contributed by atoms with van der Waals surface area (Å²) in [5, 5.41) is 9.89. The Morgan fingerprint density at radius 2 is 1.77 bits per heavy atom. The molecule has 0 unspecified atom stereocenters.